The number of rotatable bonds is 3. The van der Waals surface area contributed by atoms with Crippen molar-refractivity contribution >= 4 is 23.2 Å². The molecule has 0 bridgehead atoms. The molecular formula is C23H19N3O3. The van der Waals surface area contributed by atoms with Gasteiger partial charge in [0, 0.05) is 12.4 Å². The van der Waals surface area contributed by atoms with Crippen molar-refractivity contribution in [3.63, 3.8) is 0 Å². The molecule has 2 aliphatic rings. The van der Waals surface area contributed by atoms with Gasteiger partial charge in [-0.3, -0.25) is 19.4 Å². The van der Waals surface area contributed by atoms with E-state index in [0.29, 0.717) is 5.69 Å². The number of aromatic nitrogens is 1. The molecule has 3 atom stereocenters. The van der Waals surface area contributed by atoms with Gasteiger partial charge in [-0.25, -0.2) is 9.96 Å². The number of benzene rings is 2. The summed E-state index contributed by atoms with van der Waals surface area (Å²) in [6.45, 7) is 1.96. The van der Waals surface area contributed by atoms with Crippen LogP contribution in [0, 0.1) is 12.8 Å². The molecular weight excluding hydrogens is 366 g/mol. The zero-order chi connectivity index (χ0) is 20.0. The molecule has 0 radical (unpaired) electrons. The summed E-state index contributed by atoms with van der Waals surface area (Å²) in [6.07, 6.45) is 2.51. The van der Waals surface area contributed by atoms with Crippen LogP contribution in [0.15, 0.2) is 79.1 Å². The highest BCUT2D eigenvalue weighted by Crippen LogP contribution is 2.47. The fourth-order valence-electron chi connectivity index (χ4n) is 4.06. The molecule has 3 heterocycles. The number of carbonyl (C=O) groups excluding carboxylic acids is 2. The number of hydrogen-bond donors (Lipinski definition) is 0. The number of nitrogens with zero attached hydrogens (tertiary/aromatic N) is 3. The lowest BCUT2D eigenvalue weighted by Gasteiger charge is -2.28. The van der Waals surface area contributed by atoms with Crippen molar-refractivity contribution in [3.05, 3.63) is 90.3 Å². The Morgan fingerprint density at radius 2 is 1.52 bits per heavy atom. The second kappa shape index (κ2) is 6.83. The molecule has 0 aliphatic carbocycles. The number of imide groups is 1. The van der Waals surface area contributed by atoms with Crippen molar-refractivity contribution in [1.29, 1.82) is 0 Å². The van der Waals surface area contributed by atoms with Crippen LogP contribution < -0.4 is 9.96 Å². The Bertz CT molecular complexity index is 1050. The first-order valence-corrected chi connectivity index (χ1v) is 9.50. The maximum atomic E-state index is 13.4. The van der Waals surface area contributed by atoms with Gasteiger partial charge in [-0.05, 0) is 48.9 Å². The molecule has 0 unspecified atom stereocenters. The molecule has 2 aliphatic heterocycles. The number of pyridine rings is 1. The SMILES string of the molecule is Cc1ccc(N2C(=O)[C@H]3[C@H](ON(c4ccccc4)[C@@H]3c3ccncc3)C2=O)cc1. The largest absolute Gasteiger partial charge is 0.273 e. The molecule has 6 heteroatoms. The molecule has 1 aromatic heterocycles. The van der Waals surface area contributed by atoms with Crippen LogP contribution in [0.1, 0.15) is 17.2 Å². The van der Waals surface area contributed by atoms with E-state index in [-0.39, 0.29) is 11.8 Å². The second-order valence-corrected chi connectivity index (χ2v) is 7.29. The zero-order valence-electron chi connectivity index (χ0n) is 15.8. The Morgan fingerprint density at radius 1 is 0.828 bits per heavy atom. The van der Waals surface area contributed by atoms with Crippen LogP contribution in [0.3, 0.4) is 0 Å². The third-order valence-electron chi connectivity index (χ3n) is 5.47. The summed E-state index contributed by atoms with van der Waals surface area (Å²) in [6, 6.07) is 20.2. The number of fused-ring (bicyclic) bond motifs is 1. The van der Waals surface area contributed by atoms with E-state index in [1.54, 1.807) is 29.6 Å². The third-order valence-corrected chi connectivity index (χ3v) is 5.47. The van der Waals surface area contributed by atoms with Gasteiger partial charge in [0.15, 0.2) is 6.10 Å². The summed E-state index contributed by atoms with van der Waals surface area (Å²) in [4.78, 5) is 38.0. The summed E-state index contributed by atoms with van der Waals surface area (Å²) in [5.41, 5.74) is 3.31. The molecule has 2 aromatic carbocycles. The zero-order valence-corrected chi connectivity index (χ0v) is 15.8. The predicted molar refractivity (Wildman–Crippen MR) is 108 cm³/mol. The van der Waals surface area contributed by atoms with Crippen LogP contribution in [0.2, 0.25) is 0 Å². The van der Waals surface area contributed by atoms with E-state index in [2.05, 4.69) is 4.98 Å². The fourth-order valence-corrected chi connectivity index (χ4v) is 4.06. The number of hydroxylamine groups is 1. The van der Waals surface area contributed by atoms with Crippen LogP contribution >= 0.6 is 0 Å². The standard InChI is InChI=1S/C23H19N3O3/c1-15-7-9-17(10-8-15)25-22(27)19-20(16-11-13-24-14-12-16)26(29-21(19)23(25)28)18-5-3-2-4-6-18/h2-14,19-21H,1H3/t19-,20-,21+/m1/s1. The lowest BCUT2D eigenvalue weighted by atomic mass is 9.91. The molecule has 6 nitrogen and oxygen atoms in total. The van der Waals surface area contributed by atoms with Gasteiger partial charge in [-0.15, -0.1) is 0 Å². The van der Waals surface area contributed by atoms with Gasteiger partial charge in [-0.1, -0.05) is 35.9 Å². The average Bonchev–Trinajstić information content (AvgIpc) is 3.27. The van der Waals surface area contributed by atoms with Crippen molar-refractivity contribution in [2.45, 2.75) is 19.1 Å². The van der Waals surface area contributed by atoms with Crippen molar-refractivity contribution in [3.8, 4) is 0 Å². The predicted octanol–water partition coefficient (Wildman–Crippen LogP) is 3.44. The first-order chi connectivity index (χ1) is 14.1. The third kappa shape index (κ3) is 2.80. The molecule has 2 fully saturated rings. The van der Waals surface area contributed by atoms with Crippen LogP contribution in [0.5, 0.6) is 0 Å². The summed E-state index contributed by atoms with van der Waals surface area (Å²) in [5.74, 6) is -1.21. The minimum absolute atomic E-state index is 0.246. The number of carbonyl (C=O) groups is 2. The highest BCUT2D eigenvalue weighted by atomic mass is 16.7. The number of aryl methyl sites for hydroxylation is 1. The molecule has 0 N–H and O–H groups in total. The molecule has 144 valence electrons. The fraction of sp³-hybridized carbons (Fsp3) is 0.174. The van der Waals surface area contributed by atoms with Crippen LogP contribution in [0.25, 0.3) is 0 Å². The summed E-state index contributed by atoms with van der Waals surface area (Å²) in [7, 11) is 0. The van der Waals surface area contributed by atoms with Crippen molar-refractivity contribution in [2.75, 3.05) is 9.96 Å². The minimum Gasteiger partial charge on any atom is -0.273 e. The molecule has 3 aromatic rings. The number of anilines is 2. The number of para-hydroxylation sites is 1. The Kier molecular flexibility index (Phi) is 4.14. The van der Waals surface area contributed by atoms with E-state index < -0.39 is 18.1 Å². The number of amides is 2. The number of hydrogen-bond acceptors (Lipinski definition) is 5. The second-order valence-electron chi connectivity index (χ2n) is 7.29. The van der Waals surface area contributed by atoms with Gasteiger partial charge in [-0.2, -0.15) is 0 Å². The maximum absolute atomic E-state index is 13.4. The van der Waals surface area contributed by atoms with E-state index in [1.807, 2.05) is 61.5 Å². The van der Waals surface area contributed by atoms with Crippen LogP contribution in [-0.4, -0.2) is 22.9 Å². The molecule has 29 heavy (non-hydrogen) atoms. The monoisotopic (exact) mass is 385 g/mol. The van der Waals surface area contributed by atoms with Crippen molar-refractivity contribution in [1.82, 2.24) is 4.98 Å². The van der Waals surface area contributed by atoms with Crippen molar-refractivity contribution in [2.24, 2.45) is 5.92 Å². The van der Waals surface area contributed by atoms with Crippen LogP contribution in [-0.2, 0) is 14.4 Å². The molecule has 2 saturated heterocycles. The van der Waals surface area contributed by atoms with Crippen molar-refractivity contribution < 1.29 is 14.4 Å². The van der Waals surface area contributed by atoms with E-state index in [1.165, 1.54) is 4.90 Å². The van der Waals surface area contributed by atoms with Gasteiger partial charge in [0.25, 0.3) is 5.91 Å². The average molecular weight is 385 g/mol. The van der Waals surface area contributed by atoms with Gasteiger partial charge in [0.1, 0.15) is 5.92 Å². The Labute approximate surface area is 168 Å². The molecule has 0 spiro atoms. The van der Waals surface area contributed by atoms with E-state index >= 15 is 0 Å². The normalized spacial score (nSPS) is 23.6. The summed E-state index contributed by atoms with van der Waals surface area (Å²) >= 11 is 0. The molecule has 5 rings (SSSR count). The van der Waals surface area contributed by atoms with E-state index in [0.717, 1.165) is 16.8 Å². The van der Waals surface area contributed by atoms with Crippen LogP contribution in [0.4, 0.5) is 11.4 Å². The van der Waals surface area contributed by atoms with Gasteiger partial charge in [0.2, 0.25) is 5.91 Å². The first kappa shape index (κ1) is 17.6. The van der Waals surface area contributed by atoms with Gasteiger partial charge < -0.3 is 0 Å². The van der Waals surface area contributed by atoms with E-state index in [9.17, 15) is 9.59 Å². The lowest BCUT2D eigenvalue weighted by molar-refractivity contribution is -0.126. The molecule has 2 amide bonds. The summed E-state index contributed by atoms with van der Waals surface area (Å²) in [5, 5.41) is 1.69. The summed E-state index contributed by atoms with van der Waals surface area (Å²) < 4.78 is 0. The quantitative estimate of drug-likeness (QED) is 0.647. The van der Waals surface area contributed by atoms with Gasteiger partial charge >= 0.3 is 0 Å². The Hall–Kier alpha value is -3.51. The maximum Gasteiger partial charge on any atom is 0.266 e. The Morgan fingerprint density at radius 3 is 2.21 bits per heavy atom. The van der Waals surface area contributed by atoms with Gasteiger partial charge in [0.05, 0.1) is 17.4 Å². The highest BCUT2D eigenvalue weighted by molar-refractivity contribution is 6.23. The Balaban J connectivity index is 1.58. The first-order valence-electron chi connectivity index (χ1n) is 9.50. The topological polar surface area (TPSA) is 62.7 Å². The highest BCUT2D eigenvalue weighted by Gasteiger charge is 2.60. The lowest BCUT2D eigenvalue weighted by Crippen LogP contribution is -2.37. The minimum atomic E-state index is -0.859. The van der Waals surface area contributed by atoms with E-state index in [4.69, 9.17) is 4.84 Å². The smallest absolute Gasteiger partial charge is 0.266 e. The molecule has 0 saturated carbocycles.